The second-order valence-electron chi connectivity index (χ2n) is 6.59. The number of thioether (sulfide) groups is 1. The van der Waals surface area contributed by atoms with Crippen LogP contribution in [-0.4, -0.2) is 32.6 Å². The SMILES string of the molecule is O=C(CSc1nnc(-c2ccc(Cl)cc2)n1-c1ccccc1)NN=Cc1ccccc1Cl. The van der Waals surface area contributed by atoms with Crippen LogP contribution in [0.25, 0.3) is 17.1 Å². The van der Waals surface area contributed by atoms with Gasteiger partial charge in [-0.25, -0.2) is 5.43 Å². The quantitative estimate of drug-likeness (QED) is 0.215. The Bertz CT molecular complexity index is 1240. The van der Waals surface area contributed by atoms with Gasteiger partial charge in [0.05, 0.1) is 12.0 Å². The monoisotopic (exact) mass is 481 g/mol. The topological polar surface area (TPSA) is 72.2 Å². The maximum Gasteiger partial charge on any atom is 0.250 e. The van der Waals surface area contributed by atoms with Crippen molar-refractivity contribution >= 4 is 47.1 Å². The zero-order chi connectivity index (χ0) is 22.3. The molecule has 0 spiro atoms. The molecule has 0 aliphatic heterocycles. The Morgan fingerprint density at radius 2 is 1.69 bits per heavy atom. The number of aromatic nitrogens is 3. The Labute approximate surface area is 199 Å². The van der Waals surface area contributed by atoms with E-state index >= 15 is 0 Å². The smallest absolute Gasteiger partial charge is 0.250 e. The minimum Gasteiger partial charge on any atom is -0.272 e. The predicted molar refractivity (Wildman–Crippen MR) is 130 cm³/mol. The molecule has 6 nitrogen and oxygen atoms in total. The van der Waals surface area contributed by atoms with Crippen molar-refractivity contribution in [1.82, 2.24) is 20.2 Å². The zero-order valence-electron chi connectivity index (χ0n) is 16.7. The maximum atomic E-state index is 12.3. The average Bonchev–Trinajstić information content (AvgIpc) is 3.24. The molecule has 1 amide bonds. The number of hydrogen-bond donors (Lipinski definition) is 1. The summed E-state index contributed by atoms with van der Waals surface area (Å²) in [5.74, 6) is 0.507. The highest BCUT2D eigenvalue weighted by molar-refractivity contribution is 7.99. The van der Waals surface area contributed by atoms with Gasteiger partial charge in [0, 0.05) is 26.9 Å². The molecule has 3 aromatic carbocycles. The number of carbonyl (C=O) groups is 1. The predicted octanol–water partition coefficient (Wildman–Crippen LogP) is 5.48. The molecule has 0 saturated carbocycles. The fraction of sp³-hybridized carbons (Fsp3) is 0.0435. The molecule has 1 N–H and O–H groups in total. The van der Waals surface area contributed by atoms with Gasteiger partial charge in [-0.2, -0.15) is 5.10 Å². The number of rotatable bonds is 7. The van der Waals surface area contributed by atoms with Gasteiger partial charge in [-0.1, -0.05) is 71.4 Å². The van der Waals surface area contributed by atoms with Crippen LogP contribution in [0.2, 0.25) is 10.0 Å². The molecule has 1 aromatic heterocycles. The first-order valence-electron chi connectivity index (χ1n) is 9.58. The van der Waals surface area contributed by atoms with Gasteiger partial charge in [-0.05, 0) is 42.5 Å². The minimum absolute atomic E-state index is 0.117. The number of carbonyl (C=O) groups excluding carboxylic acids is 1. The Balaban J connectivity index is 1.50. The van der Waals surface area contributed by atoms with E-state index < -0.39 is 0 Å². The van der Waals surface area contributed by atoms with Gasteiger partial charge >= 0.3 is 0 Å². The van der Waals surface area contributed by atoms with Crippen molar-refractivity contribution < 1.29 is 4.79 Å². The molecule has 0 aliphatic rings. The van der Waals surface area contributed by atoms with Crippen molar-refractivity contribution in [3.05, 3.63) is 94.5 Å². The molecule has 1 heterocycles. The lowest BCUT2D eigenvalue weighted by Gasteiger charge is -2.10. The van der Waals surface area contributed by atoms with Crippen molar-refractivity contribution in [3.63, 3.8) is 0 Å². The average molecular weight is 482 g/mol. The summed E-state index contributed by atoms with van der Waals surface area (Å²) in [6.45, 7) is 0. The summed E-state index contributed by atoms with van der Waals surface area (Å²) in [7, 11) is 0. The highest BCUT2D eigenvalue weighted by atomic mass is 35.5. The number of hydrazone groups is 1. The molecule has 0 atom stereocenters. The fourth-order valence-electron chi connectivity index (χ4n) is 2.88. The number of halogens is 2. The normalized spacial score (nSPS) is 11.1. The lowest BCUT2D eigenvalue weighted by Crippen LogP contribution is -2.20. The van der Waals surface area contributed by atoms with Crippen molar-refractivity contribution in [2.45, 2.75) is 5.16 Å². The van der Waals surface area contributed by atoms with Gasteiger partial charge in [0.1, 0.15) is 0 Å². The van der Waals surface area contributed by atoms with Gasteiger partial charge < -0.3 is 0 Å². The number of nitrogens with one attached hydrogen (secondary N) is 1. The summed E-state index contributed by atoms with van der Waals surface area (Å²) < 4.78 is 1.91. The standard InChI is InChI=1S/C23H17Cl2N5OS/c24-18-12-10-16(11-13-18)22-28-29-23(30(22)19-7-2-1-3-8-19)32-15-21(31)27-26-14-17-6-4-5-9-20(17)25/h1-14H,15H2,(H,27,31). The molecule has 0 bridgehead atoms. The largest absolute Gasteiger partial charge is 0.272 e. The summed E-state index contributed by atoms with van der Waals surface area (Å²) in [6.07, 6.45) is 1.51. The highest BCUT2D eigenvalue weighted by Crippen LogP contribution is 2.28. The first kappa shape index (κ1) is 22.1. The number of benzene rings is 3. The van der Waals surface area contributed by atoms with Crippen LogP contribution in [0.3, 0.4) is 0 Å². The Kier molecular flexibility index (Phi) is 7.21. The molecule has 4 aromatic rings. The van der Waals surface area contributed by atoms with E-state index in [9.17, 15) is 4.79 Å². The molecule has 0 fully saturated rings. The number of para-hydroxylation sites is 1. The molecule has 160 valence electrons. The fourth-order valence-corrected chi connectivity index (χ4v) is 3.93. The van der Waals surface area contributed by atoms with Crippen LogP contribution in [0, 0.1) is 0 Å². The van der Waals surface area contributed by atoms with E-state index in [1.54, 1.807) is 18.2 Å². The van der Waals surface area contributed by atoms with E-state index in [1.165, 1.54) is 18.0 Å². The van der Waals surface area contributed by atoms with Gasteiger partial charge in [0.2, 0.25) is 0 Å². The first-order valence-corrected chi connectivity index (χ1v) is 11.3. The van der Waals surface area contributed by atoms with Crippen LogP contribution >= 0.6 is 35.0 Å². The van der Waals surface area contributed by atoms with Crippen LogP contribution in [-0.2, 0) is 4.79 Å². The lowest BCUT2D eigenvalue weighted by molar-refractivity contribution is -0.118. The molecular formula is C23H17Cl2N5OS. The summed E-state index contributed by atoms with van der Waals surface area (Å²) >= 11 is 13.4. The van der Waals surface area contributed by atoms with E-state index in [1.807, 2.05) is 65.2 Å². The van der Waals surface area contributed by atoms with E-state index in [0.29, 0.717) is 21.0 Å². The number of nitrogens with zero attached hydrogens (tertiary/aromatic N) is 4. The molecule has 0 aliphatic carbocycles. The minimum atomic E-state index is -0.269. The van der Waals surface area contributed by atoms with Gasteiger partial charge in [0.25, 0.3) is 5.91 Å². The van der Waals surface area contributed by atoms with E-state index in [2.05, 4.69) is 20.7 Å². The molecule has 4 rings (SSSR count). The molecule has 0 radical (unpaired) electrons. The summed E-state index contributed by atoms with van der Waals surface area (Å²) in [5.41, 5.74) is 4.99. The van der Waals surface area contributed by atoms with E-state index in [4.69, 9.17) is 23.2 Å². The van der Waals surface area contributed by atoms with Crippen molar-refractivity contribution in [2.24, 2.45) is 5.10 Å². The van der Waals surface area contributed by atoms with Crippen LogP contribution in [0.1, 0.15) is 5.56 Å². The first-order chi connectivity index (χ1) is 15.6. The molecule has 0 saturated heterocycles. The highest BCUT2D eigenvalue weighted by Gasteiger charge is 2.17. The second kappa shape index (κ2) is 10.5. The van der Waals surface area contributed by atoms with Crippen LogP contribution in [0.4, 0.5) is 0 Å². The Morgan fingerprint density at radius 1 is 0.969 bits per heavy atom. The van der Waals surface area contributed by atoms with Crippen molar-refractivity contribution in [1.29, 1.82) is 0 Å². The van der Waals surface area contributed by atoms with Gasteiger partial charge in [0.15, 0.2) is 11.0 Å². The third-order valence-corrected chi connectivity index (χ3v) is 5.91. The maximum absolute atomic E-state index is 12.3. The molecule has 9 heteroatoms. The van der Waals surface area contributed by atoms with Crippen molar-refractivity contribution in [2.75, 3.05) is 5.75 Å². The third-order valence-electron chi connectivity index (χ3n) is 4.38. The van der Waals surface area contributed by atoms with E-state index in [0.717, 1.165) is 16.8 Å². The molecular weight excluding hydrogens is 465 g/mol. The summed E-state index contributed by atoms with van der Waals surface area (Å²) in [5, 5.41) is 14.4. The summed E-state index contributed by atoms with van der Waals surface area (Å²) in [4.78, 5) is 12.3. The van der Waals surface area contributed by atoms with Gasteiger partial charge in [-0.3, -0.25) is 9.36 Å². The molecule has 32 heavy (non-hydrogen) atoms. The second-order valence-corrected chi connectivity index (χ2v) is 8.37. The molecule has 0 unspecified atom stereocenters. The zero-order valence-corrected chi connectivity index (χ0v) is 19.0. The summed E-state index contributed by atoms with van der Waals surface area (Å²) in [6, 6.07) is 24.4. The van der Waals surface area contributed by atoms with E-state index in [-0.39, 0.29) is 11.7 Å². The number of hydrogen-bond acceptors (Lipinski definition) is 5. The number of amides is 1. The Hall–Kier alpha value is -3.13. The van der Waals surface area contributed by atoms with Gasteiger partial charge in [-0.15, -0.1) is 10.2 Å². The third kappa shape index (κ3) is 5.37. The van der Waals surface area contributed by atoms with Crippen LogP contribution in [0.15, 0.2) is 89.1 Å². The van der Waals surface area contributed by atoms with Crippen LogP contribution in [0.5, 0.6) is 0 Å². The lowest BCUT2D eigenvalue weighted by atomic mass is 10.2. The van der Waals surface area contributed by atoms with Crippen molar-refractivity contribution in [3.8, 4) is 17.1 Å². The Morgan fingerprint density at radius 3 is 2.44 bits per heavy atom. The van der Waals surface area contributed by atoms with Crippen LogP contribution < -0.4 is 5.43 Å².